The van der Waals surface area contributed by atoms with Gasteiger partial charge in [0.2, 0.25) is 10.0 Å². The van der Waals surface area contributed by atoms with E-state index in [1.165, 1.54) is 22.8 Å². The molecule has 0 radical (unpaired) electrons. The number of rotatable bonds is 4. The Balaban J connectivity index is 2.04. The third kappa shape index (κ3) is 3.83. The molecular weight excluding hydrogens is 390 g/mol. The Morgan fingerprint density at radius 3 is 2.74 bits per heavy atom. The van der Waals surface area contributed by atoms with Crippen molar-refractivity contribution in [3.63, 3.8) is 0 Å². The van der Waals surface area contributed by atoms with Crippen LogP contribution < -0.4 is 4.80 Å². The Morgan fingerprint density at radius 2 is 2.11 bits per heavy atom. The van der Waals surface area contributed by atoms with Crippen molar-refractivity contribution in [2.75, 3.05) is 19.9 Å². The summed E-state index contributed by atoms with van der Waals surface area (Å²) in [5, 5.41) is 0. The van der Waals surface area contributed by atoms with Crippen LogP contribution in [-0.2, 0) is 26.1 Å². The number of amides is 1. The molecule has 3 rings (SSSR count). The second-order valence-corrected chi connectivity index (χ2v) is 9.23. The van der Waals surface area contributed by atoms with E-state index in [2.05, 4.69) is 4.99 Å². The molecule has 10 heteroatoms. The Hall–Kier alpha value is -2.04. The van der Waals surface area contributed by atoms with Gasteiger partial charge in [0.1, 0.15) is 6.04 Å². The number of sulfonamides is 1. The third-order valence-corrected chi connectivity index (χ3v) is 6.87. The van der Waals surface area contributed by atoms with Gasteiger partial charge in [-0.15, -0.1) is 0 Å². The minimum Gasteiger partial charge on any atom is -0.465 e. The Kier molecular flexibility index (Phi) is 5.50. The van der Waals surface area contributed by atoms with E-state index in [0.29, 0.717) is 36.3 Å². The predicted octanol–water partition coefficient (Wildman–Crippen LogP) is 1.36. The van der Waals surface area contributed by atoms with Crippen LogP contribution in [0.2, 0.25) is 0 Å². The fraction of sp³-hybridized carbons (Fsp3) is 0.471. The summed E-state index contributed by atoms with van der Waals surface area (Å²) >= 11 is 1.29. The van der Waals surface area contributed by atoms with Crippen molar-refractivity contribution in [2.24, 2.45) is 4.99 Å². The van der Waals surface area contributed by atoms with Gasteiger partial charge in [-0.05, 0) is 38.0 Å². The summed E-state index contributed by atoms with van der Waals surface area (Å²) in [5.41, 5.74) is 1.28. The number of ether oxygens (including phenoxy) is 1. The van der Waals surface area contributed by atoms with Gasteiger partial charge >= 0.3 is 5.97 Å². The summed E-state index contributed by atoms with van der Waals surface area (Å²) in [5.74, 6) is -0.891. The number of benzene rings is 1. The second kappa shape index (κ2) is 7.53. The van der Waals surface area contributed by atoms with Gasteiger partial charge in [-0.25, -0.2) is 13.2 Å². The summed E-state index contributed by atoms with van der Waals surface area (Å²) < 4.78 is 32.4. The van der Waals surface area contributed by atoms with Crippen molar-refractivity contribution < 1.29 is 22.7 Å². The lowest BCUT2D eigenvalue weighted by Gasteiger charge is -2.18. The molecule has 0 bridgehead atoms. The molecule has 1 aromatic carbocycles. The van der Waals surface area contributed by atoms with Crippen LogP contribution in [0, 0.1) is 0 Å². The first-order valence-electron chi connectivity index (χ1n) is 8.53. The fourth-order valence-corrected chi connectivity index (χ4v) is 5.52. The Bertz CT molecular complexity index is 1070. The zero-order valence-electron chi connectivity index (χ0n) is 15.3. The quantitative estimate of drug-likeness (QED) is 0.708. The molecule has 1 fully saturated rings. The van der Waals surface area contributed by atoms with E-state index in [1.807, 2.05) is 11.5 Å². The Morgan fingerprint density at radius 1 is 1.37 bits per heavy atom. The lowest BCUT2D eigenvalue weighted by molar-refractivity contribution is -0.121. The van der Waals surface area contributed by atoms with Gasteiger partial charge < -0.3 is 9.30 Å². The number of carbonyl (C=O) groups is 2. The number of methoxy groups -OCH3 is 1. The minimum atomic E-state index is -3.45. The van der Waals surface area contributed by atoms with Gasteiger partial charge in [-0.2, -0.15) is 9.30 Å². The molecule has 8 nitrogen and oxygen atoms in total. The molecule has 1 aromatic heterocycles. The average Bonchev–Trinajstić information content (AvgIpc) is 3.24. The normalized spacial score (nSPS) is 18.9. The molecule has 0 spiro atoms. The first-order valence-corrected chi connectivity index (χ1v) is 11.2. The molecule has 0 aliphatic carbocycles. The molecule has 1 amide bonds. The third-order valence-electron chi connectivity index (χ3n) is 4.54. The number of hydrogen-bond acceptors (Lipinski definition) is 6. The van der Waals surface area contributed by atoms with E-state index in [0.717, 1.165) is 16.5 Å². The molecule has 1 saturated heterocycles. The SMILES string of the molecule is CCn1c(=NC(=O)C2CCCN2S(C)(=O)=O)sc2cc(C(=O)OC)ccc21. The lowest BCUT2D eigenvalue weighted by Crippen LogP contribution is -2.39. The van der Waals surface area contributed by atoms with Crippen LogP contribution >= 0.6 is 11.3 Å². The van der Waals surface area contributed by atoms with Crippen LogP contribution in [0.5, 0.6) is 0 Å². The highest BCUT2D eigenvalue weighted by Crippen LogP contribution is 2.22. The van der Waals surface area contributed by atoms with Crippen molar-refractivity contribution >= 4 is 43.5 Å². The molecule has 0 saturated carbocycles. The molecule has 1 aliphatic heterocycles. The lowest BCUT2D eigenvalue weighted by atomic mass is 10.2. The Labute approximate surface area is 161 Å². The number of nitrogens with zero attached hydrogens (tertiary/aromatic N) is 3. The molecule has 0 N–H and O–H groups in total. The van der Waals surface area contributed by atoms with Crippen LogP contribution in [0.1, 0.15) is 30.1 Å². The summed E-state index contributed by atoms with van der Waals surface area (Å²) in [6, 6.07) is 4.42. The number of carbonyl (C=O) groups excluding carboxylic acids is 2. The van der Waals surface area contributed by atoms with Gasteiger partial charge in [-0.3, -0.25) is 4.79 Å². The molecule has 27 heavy (non-hydrogen) atoms. The second-order valence-electron chi connectivity index (χ2n) is 6.28. The number of fused-ring (bicyclic) bond motifs is 1. The van der Waals surface area contributed by atoms with Crippen molar-refractivity contribution in [3.05, 3.63) is 28.6 Å². The summed E-state index contributed by atoms with van der Waals surface area (Å²) in [7, 11) is -2.13. The fourth-order valence-electron chi connectivity index (χ4n) is 3.26. The van der Waals surface area contributed by atoms with Crippen LogP contribution in [0.25, 0.3) is 10.2 Å². The first kappa shape index (κ1) is 19.7. The number of hydrogen-bond donors (Lipinski definition) is 0. The monoisotopic (exact) mass is 411 g/mol. The molecule has 2 heterocycles. The topological polar surface area (TPSA) is 98.0 Å². The largest absolute Gasteiger partial charge is 0.465 e. The van der Waals surface area contributed by atoms with Crippen LogP contribution in [-0.4, -0.2) is 55.1 Å². The van der Waals surface area contributed by atoms with E-state index < -0.39 is 27.9 Å². The number of thiazole rings is 1. The van der Waals surface area contributed by atoms with Gasteiger partial charge in [0, 0.05) is 13.1 Å². The molecule has 146 valence electrons. The molecule has 1 aliphatic rings. The summed E-state index contributed by atoms with van der Waals surface area (Å²) in [6.07, 6.45) is 2.22. The maximum atomic E-state index is 12.7. The van der Waals surface area contributed by atoms with Gasteiger partial charge in [0.15, 0.2) is 4.80 Å². The predicted molar refractivity (Wildman–Crippen MR) is 102 cm³/mol. The van der Waals surface area contributed by atoms with Crippen LogP contribution in [0.4, 0.5) is 0 Å². The zero-order chi connectivity index (χ0) is 19.8. The smallest absolute Gasteiger partial charge is 0.337 e. The molecule has 2 aromatic rings. The summed E-state index contributed by atoms with van der Waals surface area (Å²) in [4.78, 5) is 29.1. The highest BCUT2D eigenvalue weighted by molar-refractivity contribution is 7.88. The van der Waals surface area contributed by atoms with Crippen molar-refractivity contribution in [3.8, 4) is 0 Å². The van der Waals surface area contributed by atoms with Gasteiger partial charge in [-0.1, -0.05) is 11.3 Å². The molecule has 1 unspecified atom stereocenters. The minimum absolute atomic E-state index is 0.341. The highest BCUT2D eigenvalue weighted by Gasteiger charge is 2.36. The van der Waals surface area contributed by atoms with Crippen molar-refractivity contribution in [1.82, 2.24) is 8.87 Å². The highest BCUT2D eigenvalue weighted by atomic mass is 32.2. The summed E-state index contributed by atoms with van der Waals surface area (Å²) in [6.45, 7) is 2.86. The molecule has 1 atom stereocenters. The van der Waals surface area contributed by atoms with Gasteiger partial charge in [0.25, 0.3) is 5.91 Å². The van der Waals surface area contributed by atoms with E-state index in [-0.39, 0.29) is 0 Å². The van der Waals surface area contributed by atoms with E-state index in [1.54, 1.807) is 18.2 Å². The van der Waals surface area contributed by atoms with E-state index >= 15 is 0 Å². The first-order chi connectivity index (χ1) is 12.8. The maximum Gasteiger partial charge on any atom is 0.337 e. The van der Waals surface area contributed by atoms with Gasteiger partial charge in [0.05, 0.1) is 29.1 Å². The van der Waals surface area contributed by atoms with Crippen molar-refractivity contribution in [1.29, 1.82) is 0 Å². The average molecular weight is 412 g/mol. The maximum absolute atomic E-state index is 12.7. The number of aryl methyl sites for hydroxylation is 1. The standard InChI is InChI=1S/C17H21N3O5S2/c1-4-19-12-8-7-11(16(22)25-2)10-14(12)26-17(19)18-15(21)13-6-5-9-20(13)27(3,23)24/h7-8,10,13H,4-6,9H2,1-3H3. The van der Waals surface area contributed by atoms with Crippen LogP contribution in [0.3, 0.4) is 0 Å². The van der Waals surface area contributed by atoms with E-state index in [4.69, 9.17) is 4.74 Å². The molecular formula is C17H21N3O5S2. The number of esters is 1. The zero-order valence-corrected chi connectivity index (χ0v) is 17.0. The van der Waals surface area contributed by atoms with Crippen molar-refractivity contribution in [2.45, 2.75) is 32.4 Å². The number of aromatic nitrogens is 1. The van der Waals surface area contributed by atoms with E-state index in [9.17, 15) is 18.0 Å². The van der Waals surface area contributed by atoms with Crippen LogP contribution in [0.15, 0.2) is 23.2 Å².